The molecule has 1 unspecified atom stereocenters. The molecule has 1 aromatic rings. The Bertz CT molecular complexity index is 426. The highest BCUT2D eigenvalue weighted by molar-refractivity contribution is 7.99. The molecule has 19 heavy (non-hydrogen) atoms. The molecule has 0 amide bonds. The van der Waals surface area contributed by atoms with E-state index in [9.17, 15) is 4.79 Å². The van der Waals surface area contributed by atoms with E-state index in [4.69, 9.17) is 10.5 Å². The van der Waals surface area contributed by atoms with Crippen LogP contribution < -0.4 is 5.73 Å². The third kappa shape index (κ3) is 5.06. The number of hydrogen-bond acceptors (Lipinski definition) is 6. The zero-order valence-electron chi connectivity index (χ0n) is 11.7. The summed E-state index contributed by atoms with van der Waals surface area (Å²) >= 11 is 1.56. The molecule has 0 aliphatic heterocycles. The molecule has 0 saturated carbocycles. The Hall–Kier alpha value is -1.30. The second-order valence-corrected chi connectivity index (χ2v) is 5.36. The number of anilines is 1. The number of ether oxygens (including phenoxy) is 1. The third-order valence-corrected chi connectivity index (χ3v) is 3.76. The zero-order valence-corrected chi connectivity index (χ0v) is 12.5. The lowest BCUT2D eigenvalue weighted by Gasteiger charge is -2.09. The molecule has 5 nitrogen and oxygen atoms in total. The van der Waals surface area contributed by atoms with Crippen LogP contribution in [0.25, 0.3) is 0 Å². The van der Waals surface area contributed by atoms with Crippen molar-refractivity contribution in [2.24, 2.45) is 5.92 Å². The number of esters is 1. The fraction of sp³-hybridized carbons (Fsp3) is 0.615. The van der Waals surface area contributed by atoms with Gasteiger partial charge >= 0.3 is 5.97 Å². The Morgan fingerprint density at radius 3 is 2.84 bits per heavy atom. The molecule has 6 heteroatoms. The Kier molecular flexibility index (Phi) is 6.62. The van der Waals surface area contributed by atoms with Gasteiger partial charge in [0.1, 0.15) is 11.4 Å². The number of nitrogen functional groups attached to an aromatic ring is 1. The van der Waals surface area contributed by atoms with E-state index in [0.29, 0.717) is 17.7 Å². The van der Waals surface area contributed by atoms with Gasteiger partial charge in [0.05, 0.1) is 6.61 Å². The van der Waals surface area contributed by atoms with Crippen molar-refractivity contribution < 1.29 is 9.53 Å². The highest BCUT2D eigenvalue weighted by Gasteiger charge is 2.14. The molecule has 106 valence electrons. The molecule has 0 spiro atoms. The zero-order chi connectivity index (χ0) is 14.3. The molecule has 0 fully saturated rings. The van der Waals surface area contributed by atoms with Crippen LogP contribution in [-0.4, -0.2) is 28.3 Å². The average molecular weight is 283 g/mol. The molecule has 0 aliphatic rings. The Balaban J connectivity index is 2.64. The minimum absolute atomic E-state index is 0.180. The van der Waals surface area contributed by atoms with E-state index in [2.05, 4.69) is 23.8 Å². The summed E-state index contributed by atoms with van der Waals surface area (Å²) in [6, 6.07) is 0. The van der Waals surface area contributed by atoms with Crippen LogP contribution >= 0.6 is 11.8 Å². The monoisotopic (exact) mass is 283 g/mol. The fourth-order valence-corrected chi connectivity index (χ4v) is 2.50. The van der Waals surface area contributed by atoms with Gasteiger partial charge in [-0.05, 0) is 12.8 Å². The van der Waals surface area contributed by atoms with Crippen LogP contribution in [0.3, 0.4) is 0 Å². The molecule has 0 bridgehead atoms. The first-order chi connectivity index (χ1) is 9.08. The topological polar surface area (TPSA) is 78.1 Å². The maximum atomic E-state index is 11.5. The van der Waals surface area contributed by atoms with Gasteiger partial charge in [0.2, 0.25) is 0 Å². The molecular formula is C13H21N3O2S. The molecule has 2 N–H and O–H groups in total. The standard InChI is InChI=1S/C13H21N3O2S/c1-4-6-9(3)8-19-13-15-7-10(11(14)16-13)12(17)18-5-2/h7,9H,4-6,8H2,1-3H3,(H2,14,15,16). The maximum absolute atomic E-state index is 11.5. The summed E-state index contributed by atoms with van der Waals surface area (Å²) in [5, 5.41) is 0.605. The van der Waals surface area contributed by atoms with Crippen molar-refractivity contribution in [3.05, 3.63) is 11.8 Å². The van der Waals surface area contributed by atoms with Crippen LogP contribution in [0.2, 0.25) is 0 Å². The lowest BCUT2D eigenvalue weighted by molar-refractivity contribution is 0.0526. The van der Waals surface area contributed by atoms with E-state index < -0.39 is 5.97 Å². The number of aromatic nitrogens is 2. The van der Waals surface area contributed by atoms with Crippen molar-refractivity contribution in [3.63, 3.8) is 0 Å². The molecule has 1 aromatic heterocycles. The van der Waals surface area contributed by atoms with Crippen LogP contribution in [0.15, 0.2) is 11.4 Å². The molecule has 1 rings (SSSR count). The number of nitrogens with zero attached hydrogens (tertiary/aromatic N) is 2. The van der Waals surface area contributed by atoms with E-state index >= 15 is 0 Å². The van der Waals surface area contributed by atoms with Crippen molar-refractivity contribution in [1.29, 1.82) is 0 Å². The van der Waals surface area contributed by atoms with E-state index in [1.165, 1.54) is 19.0 Å². The minimum Gasteiger partial charge on any atom is -0.462 e. The van der Waals surface area contributed by atoms with Crippen molar-refractivity contribution in [3.8, 4) is 0 Å². The Morgan fingerprint density at radius 1 is 1.53 bits per heavy atom. The van der Waals surface area contributed by atoms with Gasteiger partial charge < -0.3 is 10.5 Å². The first-order valence-corrected chi connectivity index (χ1v) is 7.49. The van der Waals surface area contributed by atoms with Gasteiger partial charge in [0.25, 0.3) is 0 Å². The lowest BCUT2D eigenvalue weighted by atomic mass is 10.1. The van der Waals surface area contributed by atoms with Crippen molar-refractivity contribution in [2.75, 3.05) is 18.1 Å². The van der Waals surface area contributed by atoms with E-state index in [1.807, 2.05) is 0 Å². The number of thioether (sulfide) groups is 1. The summed E-state index contributed by atoms with van der Waals surface area (Å²) in [5.74, 6) is 1.27. The van der Waals surface area contributed by atoms with Crippen molar-refractivity contribution in [1.82, 2.24) is 9.97 Å². The molecule has 1 heterocycles. The normalized spacial score (nSPS) is 12.2. The quantitative estimate of drug-likeness (QED) is 0.471. The first-order valence-electron chi connectivity index (χ1n) is 6.50. The number of hydrogen-bond donors (Lipinski definition) is 1. The highest BCUT2D eigenvalue weighted by atomic mass is 32.2. The number of nitrogens with two attached hydrogens (primary N) is 1. The van der Waals surface area contributed by atoms with Gasteiger partial charge in [-0.1, -0.05) is 38.5 Å². The van der Waals surface area contributed by atoms with Crippen LogP contribution in [0.5, 0.6) is 0 Å². The van der Waals surface area contributed by atoms with Crippen LogP contribution in [0.4, 0.5) is 5.82 Å². The molecule has 0 saturated heterocycles. The van der Waals surface area contributed by atoms with Crippen molar-refractivity contribution >= 4 is 23.5 Å². The molecule has 0 aliphatic carbocycles. The summed E-state index contributed by atoms with van der Waals surface area (Å²) in [6.45, 7) is 6.42. The van der Waals surface area contributed by atoms with Crippen LogP contribution in [-0.2, 0) is 4.74 Å². The SMILES string of the molecule is CCCC(C)CSc1ncc(C(=O)OCC)c(N)n1. The van der Waals surface area contributed by atoms with E-state index in [1.54, 1.807) is 18.7 Å². The highest BCUT2D eigenvalue weighted by Crippen LogP contribution is 2.21. The maximum Gasteiger partial charge on any atom is 0.343 e. The summed E-state index contributed by atoms with van der Waals surface area (Å²) in [6.07, 6.45) is 3.79. The molecule has 1 atom stereocenters. The number of carbonyl (C=O) groups is 1. The first kappa shape index (κ1) is 15.8. The van der Waals surface area contributed by atoms with E-state index in [-0.39, 0.29) is 11.4 Å². The molecule has 0 radical (unpaired) electrons. The smallest absolute Gasteiger partial charge is 0.343 e. The molecular weight excluding hydrogens is 262 g/mol. The lowest BCUT2D eigenvalue weighted by Crippen LogP contribution is -2.11. The van der Waals surface area contributed by atoms with Crippen molar-refractivity contribution in [2.45, 2.75) is 38.8 Å². The van der Waals surface area contributed by atoms with Gasteiger partial charge in [0, 0.05) is 11.9 Å². The van der Waals surface area contributed by atoms with Crippen LogP contribution in [0, 0.1) is 5.92 Å². The Morgan fingerprint density at radius 2 is 2.26 bits per heavy atom. The largest absolute Gasteiger partial charge is 0.462 e. The number of rotatable bonds is 7. The van der Waals surface area contributed by atoms with Gasteiger partial charge in [-0.3, -0.25) is 0 Å². The second kappa shape index (κ2) is 7.99. The van der Waals surface area contributed by atoms with Gasteiger partial charge in [-0.15, -0.1) is 0 Å². The fourth-order valence-electron chi connectivity index (χ4n) is 1.61. The summed E-state index contributed by atoms with van der Waals surface area (Å²) in [5.41, 5.74) is 5.98. The average Bonchev–Trinajstić information content (AvgIpc) is 2.37. The van der Waals surface area contributed by atoms with Gasteiger partial charge in [-0.25, -0.2) is 14.8 Å². The second-order valence-electron chi connectivity index (χ2n) is 4.38. The summed E-state index contributed by atoms with van der Waals surface area (Å²) < 4.78 is 4.87. The van der Waals surface area contributed by atoms with E-state index in [0.717, 1.165) is 5.75 Å². The Labute approximate surface area is 118 Å². The molecule has 0 aromatic carbocycles. The minimum atomic E-state index is -0.476. The third-order valence-electron chi connectivity index (χ3n) is 2.57. The summed E-state index contributed by atoms with van der Waals surface area (Å²) in [7, 11) is 0. The van der Waals surface area contributed by atoms with Gasteiger partial charge in [0.15, 0.2) is 5.16 Å². The summed E-state index contributed by atoms with van der Waals surface area (Å²) in [4.78, 5) is 19.8. The predicted octanol–water partition coefficient (Wildman–Crippen LogP) is 2.76. The van der Waals surface area contributed by atoms with Crippen LogP contribution in [0.1, 0.15) is 44.0 Å². The number of carbonyl (C=O) groups excluding carboxylic acids is 1. The van der Waals surface area contributed by atoms with Gasteiger partial charge in [-0.2, -0.15) is 0 Å². The predicted molar refractivity (Wildman–Crippen MR) is 77.2 cm³/mol.